The van der Waals surface area contributed by atoms with Gasteiger partial charge in [0.2, 0.25) is 17.5 Å². The zero-order valence-electron chi connectivity index (χ0n) is 24.0. The monoisotopic (exact) mass is 550 g/mol. The van der Waals surface area contributed by atoms with Crippen molar-refractivity contribution in [2.75, 3.05) is 19.7 Å². The van der Waals surface area contributed by atoms with E-state index in [2.05, 4.69) is 10.6 Å². The second-order valence-corrected chi connectivity index (χ2v) is 13.5. The first-order chi connectivity index (χ1) is 18.5. The zero-order valence-corrected chi connectivity index (χ0v) is 24.0. The van der Waals surface area contributed by atoms with Crippen molar-refractivity contribution in [2.24, 2.45) is 29.1 Å². The first-order valence-corrected chi connectivity index (χ1v) is 14.9. The fourth-order valence-corrected chi connectivity index (χ4v) is 7.92. The van der Waals surface area contributed by atoms with Crippen LogP contribution in [0.1, 0.15) is 98.3 Å². The third-order valence-corrected chi connectivity index (χ3v) is 9.41. The van der Waals surface area contributed by atoms with E-state index in [1.807, 2.05) is 27.7 Å². The summed E-state index contributed by atoms with van der Waals surface area (Å²) in [5.41, 5.74) is -0.921. The molecule has 4 bridgehead atoms. The van der Waals surface area contributed by atoms with Crippen molar-refractivity contribution in [2.45, 2.75) is 115 Å². The van der Waals surface area contributed by atoms with Gasteiger partial charge >= 0.3 is 12.1 Å². The molecule has 1 aliphatic heterocycles. The summed E-state index contributed by atoms with van der Waals surface area (Å²) in [5, 5.41) is 5.89. The molecule has 0 aromatic carbocycles. The van der Waals surface area contributed by atoms with Crippen molar-refractivity contribution >= 4 is 18.0 Å². The van der Waals surface area contributed by atoms with Crippen LogP contribution in [0.25, 0.3) is 0 Å². The van der Waals surface area contributed by atoms with Crippen LogP contribution < -0.4 is 10.6 Å². The van der Waals surface area contributed by atoms with E-state index in [9.17, 15) is 14.4 Å². The Hall–Kier alpha value is -1.91. The summed E-state index contributed by atoms with van der Waals surface area (Å²) in [5.74, 6) is -0.520. The maximum absolute atomic E-state index is 13.5. The highest BCUT2D eigenvalue weighted by molar-refractivity contribution is 5.83. The normalized spacial score (nSPS) is 38.7. The van der Waals surface area contributed by atoms with E-state index >= 15 is 0 Å². The minimum atomic E-state index is -0.772. The lowest BCUT2D eigenvalue weighted by atomic mass is 9.47. The zero-order chi connectivity index (χ0) is 27.9. The summed E-state index contributed by atoms with van der Waals surface area (Å²) in [7, 11) is 0. The Morgan fingerprint density at radius 2 is 1.62 bits per heavy atom. The average molecular weight is 551 g/mol. The Bertz CT molecular complexity index is 922. The molecule has 1 heterocycles. The average Bonchev–Trinajstić information content (AvgIpc) is 3.22. The Balaban J connectivity index is 1.12. The van der Waals surface area contributed by atoms with Crippen LogP contribution in [0.5, 0.6) is 0 Å². The predicted octanol–water partition coefficient (Wildman–Crippen LogP) is 4.36. The van der Waals surface area contributed by atoms with Crippen LogP contribution in [-0.4, -0.2) is 54.8 Å². The van der Waals surface area contributed by atoms with E-state index in [1.165, 1.54) is 0 Å². The van der Waals surface area contributed by atoms with Crippen molar-refractivity contribution in [1.82, 2.24) is 10.6 Å². The van der Waals surface area contributed by atoms with Crippen molar-refractivity contribution in [3.05, 3.63) is 0 Å². The molecule has 220 valence electrons. The lowest BCUT2D eigenvalue weighted by molar-refractivity contribution is -0.393. The number of rotatable bonds is 8. The molecular weight excluding hydrogens is 504 g/mol. The van der Waals surface area contributed by atoms with Crippen LogP contribution >= 0.6 is 0 Å². The largest absolute Gasteiger partial charge is 0.466 e. The summed E-state index contributed by atoms with van der Waals surface area (Å²) in [6.07, 6.45) is 8.11. The highest BCUT2D eigenvalue weighted by atomic mass is 17.3. The molecule has 6 aliphatic rings. The maximum atomic E-state index is 13.5. The van der Waals surface area contributed by atoms with Crippen molar-refractivity contribution in [3.63, 3.8) is 0 Å². The summed E-state index contributed by atoms with van der Waals surface area (Å²) in [6.45, 7) is 8.68. The number of ether oxygens (including phenoxy) is 3. The molecule has 2 amide bonds. The molecule has 5 aliphatic carbocycles. The molecule has 0 radical (unpaired) electrons. The quantitative estimate of drug-likeness (QED) is 0.260. The lowest BCUT2D eigenvalue weighted by Crippen LogP contribution is -2.65. The van der Waals surface area contributed by atoms with E-state index < -0.39 is 23.3 Å². The number of nitrogens with one attached hydrogen (secondary N) is 2. The Kier molecular flexibility index (Phi) is 7.94. The number of carbonyl (C=O) groups is 3. The fraction of sp³-hybridized carbons (Fsp3) is 0.897. The first-order valence-electron chi connectivity index (χ1n) is 14.9. The van der Waals surface area contributed by atoms with Gasteiger partial charge in [0.1, 0.15) is 5.60 Å². The van der Waals surface area contributed by atoms with E-state index in [4.69, 9.17) is 24.0 Å². The molecule has 6 fully saturated rings. The molecule has 6 rings (SSSR count). The van der Waals surface area contributed by atoms with Gasteiger partial charge in [-0.05, 0) is 90.9 Å². The second-order valence-electron chi connectivity index (χ2n) is 13.5. The molecule has 0 aromatic rings. The molecule has 2 spiro atoms. The molecule has 2 N–H and O–H groups in total. The standard InChI is InChI=1S/C29H46N2O8/c1-5-35-23(32)15-19-7-9-28(10-8-19)37-29(39-38-28)21-13-20-14-22(29)18-27(16-20,17-21)24(33)30-11-6-12-31-25(34)36-26(2,3)4/h19-22H,5-18H2,1-4H3,(H,30,33)(H,31,34)/t19?,20?,21?,22?,27?,28-,29-. The molecule has 2 unspecified atom stereocenters. The Morgan fingerprint density at radius 3 is 2.26 bits per heavy atom. The first kappa shape index (κ1) is 28.6. The fourth-order valence-electron chi connectivity index (χ4n) is 7.92. The van der Waals surface area contributed by atoms with Crippen molar-refractivity contribution in [3.8, 4) is 0 Å². The molecular formula is C29H46N2O8. The van der Waals surface area contributed by atoms with Gasteiger partial charge in [0, 0.05) is 44.2 Å². The van der Waals surface area contributed by atoms with Gasteiger partial charge in [-0.15, -0.1) is 0 Å². The number of amides is 2. The van der Waals surface area contributed by atoms with E-state index in [1.54, 1.807) is 0 Å². The van der Waals surface area contributed by atoms with Crippen LogP contribution in [0, 0.1) is 29.1 Å². The molecule has 10 heteroatoms. The van der Waals surface area contributed by atoms with Gasteiger partial charge in [-0.25, -0.2) is 4.79 Å². The molecule has 0 aromatic heterocycles. The van der Waals surface area contributed by atoms with Gasteiger partial charge < -0.3 is 24.8 Å². The van der Waals surface area contributed by atoms with Crippen molar-refractivity contribution < 1.29 is 38.4 Å². The van der Waals surface area contributed by atoms with Crippen LogP contribution in [0.4, 0.5) is 4.79 Å². The van der Waals surface area contributed by atoms with Crippen LogP contribution in [-0.2, 0) is 33.6 Å². The van der Waals surface area contributed by atoms with Crippen LogP contribution in [0.15, 0.2) is 0 Å². The van der Waals surface area contributed by atoms with Gasteiger partial charge in [-0.2, -0.15) is 9.78 Å². The van der Waals surface area contributed by atoms with E-state index in [-0.39, 0.29) is 35.0 Å². The summed E-state index contributed by atoms with van der Waals surface area (Å²) in [6, 6.07) is 0. The van der Waals surface area contributed by atoms with Crippen LogP contribution in [0.3, 0.4) is 0 Å². The van der Waals surface area contributed by atoms with E-state index in [0.29, 0.717) is 51.3 Å². The maximum Gasteiger partial charge on any atom is 0.407 e. The smallest absolute Gasteiger partial charge is 0.407 e. The number of hydrogen-bond donors (Lipinski definition) is 2. The molecule has 39 heavy (non-hydrogen) atoms. The number of carbonyl (C=O) groups excluding carboxylic acids is 3. The topological polar surface area (TPSA) is 121 Å². The Labute approximate surface area is 231 Å². The predicted molar refractivity (Wildman–Crippen MR) is 140 cm³/mol. The highest BCUT2D eigenvalue weighted by Crippen LogP contribution is 2.67. The molecule has 10 nitrogen and oxygen atoms in total. The van der Waals surface area contributed by atoms with Gasteiger partial charge in [-0.1, -0.05) is 0 Å². The minimum absolute atomic E-state index is 0.113. The van der Waals surface area contributed by atoms with Crippen molar-refractivity contribution in [1.29, 1.82) is 0 Å². The van der Waals surface area contributed by atoms with Crippen LogP contribution in [0.2, 0.25) is 0 Å². The number of hydrogen-bond acceptors (Lipinski definition) is 8. The summed E-state index contributed by atoms with van der Waals surface area (Å²) < 4.78 is 17.2. The third kappa shape index (κ3) is 5.93. The number of alkyl carbamates (subject to hydrolysis) is 1. The van der Waals surface area contributed by atoms with Gasteiger partial charge in [-0.3, -0.25) is 9.59 Å². The summed E-state index contributed by atoms with van der Waals surface area (Å²) >= 11 is 0. The minimum Gasteiger partial charge on any atom is -0.466 e. The SMILES string of the molecule is CCOC(=O)CC1CC[C@]2(CC1)OO[C@]1(O2)C2CC3CC1CC(C(=O)NCCCNC(=O)OC(C)(C)C)(C3)C2. The third-order valence-electron chi connectivity index (χ3n) is 9.41. The van der Waals surface area contributed by atoms with Gasteiger partial charge in [0.15, 0.2) is 0 Å². The highest BCUT2D eigenvalue weighted by Gasteiger charge is 2.71. The van der Waals surface area contributed by atoms with Gasteiger partial charge in [0.25, 0.3) is 0 Å². The molecule has 1 saturated heterocycles. The van der Waals surface area contributed by atoms with E-state index in [0.717, 1.165) is 44.9 Å². The second kappa shape index (κ2) is 10.8. The lowest BCUT2D eigenvalue weighted by Gasteiger charge is -2.61. The summed E-state index contributed by atoms with van der Waals surface area (Å²) in [4.78, 5) is 49.4. The van der Waals surface area contributed by atoms with Gasteiger partial charge in [0.05, 0.1) is 12.0 Å². The Morgan fingerprint density at radius 1 is 0.949 bits per heavy atom. The number of esters is 1. The molecule has 2 atom stereocenters. The molecule has 5 saturated carbocycles.